The summed E-state index contributed by atoms with van der Waals surface area (Å²) in [6, 6.07) is 1.94. The second-order valence-corrected chi connectivity index (χ2v) is 3.34. The number of nitrogens with two attached hydrogens (primary N) is 1. The average molecular weight is 194 g/mol. The minimum atomic E-state index is 0.481. The third-order valence-corrected chi connectivity index (χ3v) is 2.45. The zero-order valence-corrected chi connectivity index (χ0v) is 7.94. The molecule has 3 N–H and O–H groups in total. The van der Waals surface area contributed by atoms with Crippen LogP contribution in [-0.4, -0.2) is 23.2 Å². The highest BCUT2D eigenvalue weighted by atomic mass is 16.5. The van der Waals surface area contributed by atoms with Crippen LogP contribution in [-0.2, 0) is 4.74 Å². The largest absolute Gasteiger partial charge is 0.381 e. The SMILES string of the molecule is NNc1nccc(C2CCOCC2)n1. The molecule has 76 valence electrons. The van der Waals surface area contributed by atoms with Crippen LogP contribution in [0.25, 0.3) is 0 Å². The molecule has 0 saturated carbocycles. The van der Waals surface area contributed by atoms with Gasteiger partial charge >= 0.3 is 0 Å². The second-order valence-electron chi connectivity index (χ2n) is 3.34. The molecule has 1 saturated heterocycles. The molecule has 0 atom stereocenters. The molecule has 1 fully saturated rings. The van der Waals surface area contributed by atoms with E-state index in [-0.39, 0.29) is 0 Å². The lowest BCUT2D eigenvalue weighted by Gasteiger charge is -2.21. The maximum Gasteiger partial charge on any atom is 0.237 e. The Kier molecular flexibility index (Phi) is 2.90. The summed E-state index contributed by atoms with van der Waals surface area (Å²) >= 11 is 0. The first-order chi connectivity index (χ1) is 6.90. The summed E-state index contributed by atoms with van der Waals surface area (Å²) in [7, 11) is 0. The van der Waals surface area contributed by atoms with Crippen LogP contribution in [0.5, 0.6) is 0 Å². The quantitative estimate of drug-likeness (QED) is 0.534. The number of nitrogens with zero attached hydrogens (tertiary/aromatic N) is 2. The van der Waals surface area contributed by atoms with Crippen molar-refractivity contribution in [3.8, 4) is 0 Å². The van der Waals surface area contributed by atoms with E-state index in [1.807, 2.05) is 6.07 Å². The molecule has 0 spiro atoms. The third kappa shape index (κ3) is 2.00. The normalized spacial score (nSPS) is 18.1. The molecule has 0 bridgehead atoms. The van der Waals surface area contributed by atoms with E-state index in [4.69, 9.17) is 10.6 Å². The van der Waals surface area contributed by atoms with Crippen molar-refractivity contribution in [1.82, 2.24) is 9.97 Å². The number of aromatic nitrogens is 2. The van der Waals surface area contributed by atoms with Crippen LogP contribution in [0.1, 0.15) is 24.5 Å². The van der Waals surface area contributed by atoms with Gasteiger partial charge in [-0.1, -0.05) is 0 Å². The maximum absolute atomic E-state index is 5.29. The molecule has 0 amide bonds. The van der Waals surface area contributed by atoms with Gasteiger partial charge in [-0.2, -0.15) is 0 Å². The van der Waals surface area contributed by atoms with Gasteiger partial charge in [0, 0.05) is 31.0 Å². The average Bonchev–Trinajstić information content (AvgIpc) is 2.30. The van der Waals surface area contributed by atoms with Gasteiger partial charge in [0.1, 0.15) is 0 Å². The van der Waals surface area contributed by atoms with Crippen molar-refractivity contribution < 1.29 is 4.74 Å². The Labute approximate surface area is 82.7 Å². The molecule has 1 aromatic heterocycles. The number of nitrogen functional groups attached to an aromatic ring is 1. The van der Waals surface area contributed by atoms with Crippen LogP contribution in [0.15, 0.2) is 12.3 Å². The van der Waals surface area contributed by atoms with Crippen molar-refractivity contribution in [2.45, 2.75) is 18.8 Å². The Morgan fingerprint density at radius 1 is 1.43 bits per heavy atom. The van der Waals surface area contributed by atoms with E-state index in [0.717, 1.165) is 31.7 Å². The maximum atomic E-state index is 5.29. The van der Waals surface area contributed by atoms with E-state index in [0.29, 0.717) is 11.9 Å². The molecule has 5 nitrogen and oxygen atoms in total. The first-order valence-corrected chi connectivity index (χ1v) is 4.77. The molecule has 0 unspecified atom stereocenters. The van der Waals surface area contributed by atoms with Gasteiger partial charge in [-0.25, -0.2) is 15.8 Å². The lowest BCUT2D eigenvalue weighted by molar-refractivity contribution is 0.0845. The Bertz CT molecular complexity index is 299. The van der Waals surface area contributed by atoms with E-state index in [9.17, 15) is 0 Å². The molecule has 2 rings (SSSR count). The summed E-state index contributed by atoms with van der Waals surface area (Å²) in [4.78, 5) is 8.29. The van der Waals surface area contributed by atoms with Gasteiger partial charge in [0.2, 0.25) is 5.95 Å². The predicted molar refractivity (Wildman–Crippen MR) is 52.6 cm³/mol. The molecule has 0 radical (unpaired) electrons. The third-order valence-electron chi connectivity index (χ3n) is 2.45. The Balaban J connectivity index is 2.13. The number of hydrazine groups is 1. The van der Waals surface area contributed by atoms with Crippen molar-refractivity contribution in [3.63, 3.8) is 0 Å². The number of hydrogen-bond acceptors (Lipinski definition) is 5. The zero-order chi connectivity index (χ0) is 9.80. The minimum Gasteiger partial charge on any atom is -0.381 e. The molecule has 0 aliphatic carbocycles. The number of anilines is 1. The lowest BCUT2D eigenvalue weighted by atomic mass is 9.96. The molecule has 1 aliphatic heterocycles. The summed E-state index contributed by atoms with van der Waals surface area (Å²) in [6.45, 7) is 1.64. The van der Waals surface area contributed by atoms with Crippen molar-refractivity contribution >= 4 is 5.95 Å². The lowest BCUT2D eigenvalue weighted by Crippen LogP contribution is -2.17. The molecule has 14 heavy (non-hydrogen) atoms. The van der Waals surface area contributed by atoms with Gasteiger partial charge in [0.05, 0.1) is 0 Å². The summed E-state index contributed by atoms with van der Waals surface area (Å²) in [5.74, 6) is 6.21. The van der Waals surface area contributed by atoms with Crippen LogP contribution >= 0.6 is 0 Å². The fourth-order valence-electron chi connectivity index (χ4n) is 1.66. The Hall–Kier alpha value is -1.20. The Morgan fingerprint density at radius 3 is 2.93 bits per heavy atom. The highest BCUT2D eigenvalue weighted by Gasteiger charge is 2.17. The van der Waals surface area contributed by atoms with Crippen molar-refractivity contribution in [1.29, 1.82) is 0 Å². The van der Waals surface area contributed by atoms with Crippen LogP contribution in [0, 0.1) is 0 Å². The van der Waals surface area contributed by atoms with Gasteiger partial charge in [-0.3, -0.25) is 5.43 Å². The second kappa shape index (κ2) is 4.34. The zero-order valence-electron chi connectivity index (χ0n) is 7.94. The van der Waals surface area contributed by atoms with Gasteiger partial charge in [-0.15, -0.1) is 0 Å². The number of nitrogens with one attached hydrogen (secondary N) is 1. The predicted octanol–water partition coefficient (Wildman–Crippen LogP) is 0.656. The van der Waals surface area contributed by atoms with E-state index in [1.54, 1.807) is 6.20 Å². The molecule has 2 heterocycles. The van der Waals surface area contributed by atoms with Gasteiger partial charge in [-0.05, 0) is 18.9 Å². The van der Waals surface area contributed by atoms with Crippen LogP contribution in [0.3, 0.4) is 0 Å². The molecule has 1 aliphatic rings. The molecular weight excluding hydrogens is 180 g/mol. The number of ether oxygens (including phenoxy) is 1. The Morgan fingerprint density at radius 2 is 2.21 bits per heavy atom. The highest BCUT2D eigenvalue weighted by Crippen LogP contribution is 2.25. The molecule has 0 aromatic carbocycles. The summed E-state index contributed by atoms with van der Waals surface area (Å²) in [5, 5.41) is 0. The standard InChI is InChI=1S/C9H14N4O/c10-13-9-11-4-1-8(12-9)7-2-5-14-6-3-7/h1,4,7H,2-3,5-6,10H2,(H,11,12,13). The number of hydrogen-bond donors (Lipinski definition) is 2. The molecule has 5 heteroatoms. The molecule has 1 aromatic rings. The van der Waals surface area contributed by atoms with E-state index in [2.05, 4.69) is 15.4 Å². The monoisotopic (exact) mass is 194 g/mol. The minimum absolute atomic E-state index is 0.481. The van der Waals surface area contributed by atoms with Gasteiger partial charge in [0.15, 0.2) is 0 Å². The molecular formula is C9H14N4O. The van der Waals surface area contributed by atoms with E-state index < -0.39 is 0 Å². The first-order valence-electron chi connectivity index (χ1n) is 4.77. The van der Waals surface area contributed by atoms with Crippen LogP contribution in [0.2, 0.25) is 0 Å². The first kappa shape index (κ1) is 9.36. The smallest absolute Gasteiger partial charge is 0.237 e. The summed E-state index contributed by atoms with van der Waals surface area (Å²) in [5.41, 5.74) is 3.51. The van der Waals surface area contributed by atoms with Crippen molar-refractivity contribution in [2.24, 2.45) is 5.84 Å². The van der Waals surface area contributed by atoms with Crippen molar-refractivity contribution in [3.05, 3.63) is 18.0 Å². The summed E-state index contributed by atoms with van der Waals surface area (Å²) in [6.07, 6.45) is 3.79. The highest BCUT2D eigenvalue weighted by molar-refractivity contribution is 5.24. The summed E-state index contributed by atoms with van der Waals surface area (Å²) < 4.78 is 5.29. The number of rotatable bonds is 2. The van der Waals surface area contributed by atoms with Crippen LogP contribution in [0.4, 0.5) is 5.95 Å². The van der Waals surface area contributed by atoms with E-state index >= 15 is 0 Å². The topological polar surface area (TPSA) is 73.1 Å². The van der Waals surface area contributed by atoms with E-state index in [1.165, 1.54) is 0 Å². The van der Waals surface area contributed by atoms with Gasteiger partial charge in [0.25, 0.3) is 0 Å². The van der Waals surface area contributed by atoms with Gasteiger partial charge < -0.3 is 4.74 Å². The fraction of sp³-hybridized carbons (Fsp3) is 0.556. The van der Waals surface area contributed by atoms with Crippen LogP contribution < -0.4 is 11.3 Å². The fourth-order valence-corrected chi connectivity index (χ4v) is 1.66. The van der Waals surface area contributed by atoms with Crippen molar-refractivity contribution in [2.75, 3.05) is 18.6 Å².